The van der Waals surface area contributed by atoms with E-state index in [2.05, 4.69) is 5.32 Å². The molecule has 2 aliphatic rings. The molecule has 24 heavy (non-hydrogen) atoms. The van der Waals surface area contributed by atoms with E-state index >= 15 is 0 Å². The lowest BCUT2D eigenvalue weighted by Crippen LogP contribution is -2.52. The molecule has 5 nitrogen and oxygen atoms in total. The van der Waals surface area contributed by atoms with Gasteiger partial charge in [0.1, 0.15) is 11.6 Å². The Morgan fingerprint density at radius 2 is 1.88 bits per heavy atom. The lowest BCUT2D eigenvalue weighted by atomic mass is 9.79. The van der Waals surface area contributed by atoms with Crippen molar-refractivity contribution in [2.24, 2.45) is 0 Å². The van der Waals surface area contributed by atoms with E-state index in [-0.39, 0.29) is 19.0 Å². The molecule has 1 N–H and O–H groups in total. The Bertz CT molecular complexity index is 748. The minimum Gasteiger partial charge on any atom is -0.349 e. The number of benzene rings is 1. The van der Waals surface area contributed by atoms with Gasteiger partial charge in [0.05, 0.1) is 11.8 Å². The fourth-order valence-corrected chi connectivity index (χ4v) is 4.71. The van der Waals surface area contributed by atoms with Crippen LogP contribution in [0.25, 0.3) is 0 Å². The third kappa shape index (κ3) is 3.30. The lowest BCUT2D eigenvalue weighted by Gasteiger charge is -2.35. The maximum Gasteiger partial charge on any atom is 0.220 e. The van der Waals surface area contributed by atoms with E-state index in [9.17, 15) is 22.0 Å². The van der Waals surface area contributed by atoms with Crippen LogP contribution in [-0.4, -0.2) is 43.5 Å². The maximum absolute atomic E-state index is 13.7. The van der Waals surface area contributed by atoms with Gasteiger partial charge in [-0.05, 0) is 30.5 Å². The van der Waals surface area contributed by atoms with Crippen LogP contribution in [0.5, 0.6) is 0 Å². The first-order valence-electron chi connectivity index (χ1n) is 7.92. The topological polar surface area (TPSA) is 66.5 Å². The number of rotatable bonds is 2. The lowest BCUT2D eigenvalue weighted by molar-refractivity contribution is -0.122. The van der Waals surface area contributed by atoms with Crippen molar-refractivity contribution < 1.29 is 22.0 Å². The second-order valence-electron chi connectivity index (χ2n) is 6.72. The average Bonchev–Trinajstić information content (AvgIpc) is 2.71. The van der Waals surface area contributed by atoms with E-state index in [4.69, 9.17) is 0 Å². The molecule has 2 atom stereocenters. The summed E-state index contributed by atoms with van der Waals surface area (Å²) in [7, 11) is -3.47. The highest BCUT2D eigenvalue weighted by molar-refractivity contribution is 7.88. The molecule has 8 heteroatoms. The Morgan fingerprint density at radius 1 is 1.21 bits per heavy atom. The predicted molar refractivity (Wildman–Crippen MR) is 84.9 cm³/mol. The van der Waals surface area contributed by atoms with Gasteiger partial charge in [0, 0.05) is 31.5 Å². The third-order valence-electron chi connectivity index (χ3n) is 4.93. The molecule has 1 spiro atoms. The smallest absolute Gasteiger partial charge is 0.220 e. The predicted octanol–water partition coefficient (Wildman–Crippen LogP) is 1.75. The fourth-order valence-electron chi connectivity index (χ4n) is 3.83. The number of amides is 1. The summed E-state index contributed by atoms with van der Waals surface area (Å²) in [6.45, 7) is 0.225. The van der Waals surface area contributed by atoms with Crippen molar-refractivity contribution in [3.63, 3.8) is 0 Å². The summed E-state index contributed by atoms with van der Waals surface area (Å²) in [5, 5.41) is 2.95. The van der Waals surface area contributed by atoms with Gasteiger partial charge in [-0.25, -0.2) is 17.2 Å². The first-order chi connectivity index (χ1) is 11.2. The molecular formula is C16H20F2N2O3S. The molecule has 0 aliphatic carbocycles. The summed E-state index contributed by atoms with van der Waals surface area (Å²) in [6, 6.07) is 3.22. The molecule has 2 aliphatic heterocycles. The number of sulfonamides is 1. The Kier molecular flexibility index (Phi) is 4.37. The summed E-state index contributed by atoms with van der Waals surface area (Å²) >= 11 is 0. The second kappa shape index (κ2) is 6.07. The van der Waals surface area contributed by atoms with Crippen LogP contribution in [0.15, 0.2) is 18.2 Å². The van der Waals surface area contributed by atoms with E-state index in [1.54, 1.807) is 0 Å². The molecule has 0 aromatic heterocycles. The van der Waals surface area contributed by atoms with Crippen LogP contribution in [0.1, 0.15) is 37.2 Å². The molecular weight excluding hydrogens is 338 g/mol. The van der Waals surface area contributed by atoms with Gasteiger partial charge in [-0.1, -0.05) is 6.42 Å². The van der Waals surface area contributed by atoms with Crippen molar-refractivity contribution in [2.45, 2.75) is 37.1 Å². The normalized spacial score (nSPS) is 28.8. The van der Waals surface area contributed by atoms with Crippen molar-refractivity contribution in [1.29, 1.82) is 0 Å². The van der Waals surface area contributed by atoms with Crippen LogP contribution >= 0.6 is 0 Å². The van der Waals surface area contributed by atoms with Crippen LogP contribution in [0, 0.1) is 11.6 Å². The Hall–Kier alpha value is -1.54. The Labute approximate surface area is 140 Å². The molecule has 0 saturated carbocycles. The molecule has 0 radical (unpaired) electrons. The van der Waals surface area contributed by atoms with Gasteiger partial charge in [0.15, 0.2) is 0 Å². The molecule has 2 heterocycles. The van der Waals surface area contributed by atoms with Crippen LogP contribution in [0.3, 0.4) is 0 Å². The molecule has 1 aromatic rings. The number of nitrogens with zero attached hydrogens (tertiary/aromatic N) is 1. The summed E-state index contributed by atoms with van der Waals surface area (Å²) in [6.07, 6.45) is 3.54. The first kappa shape index (κ1) is 17.3. The van der Waals surface area contributed by atoms with E-state index in [0.29, 0.717) is 18.4 Å². The van der Waals surface area contributed by atoms with Crippen molar-refractivity contribution in [1.82, 2.24) is 9.62 Å². The number of nitrogens with one attached hydrogen (secondary N) is 1. The van der Waals surface area contributed by atoms with Gasteiger partial charge in [0.2, 0.25) is 15.9 Å². The summed E-state index contributed by atoms with van der Waals surface area (Å²) in [4.78, 5) is 12.1. The largest absolute Gasteiger partial charge is 0.349 e. The van der Waals surface area contributed by atoms with Gasteiger partial charge in [-0.15, -0.1) is 0 Å². The minimum atomic E-state index is -3.47. The zero-order chi connectivity index (χ0) is 17.5. The van der Waals surface area contributed by atoms with Crippen molar-refractivity contribution in [2.75, 3.05) is 19.3 Å². The van der Waals surface area contributed by atoms with Gasteiger partial charge in [-0.3, -0.25) is 4.79 Å². The summed E-state index contributed by atoms with van der Waals surface area (Å²) in [5.41, 5.74) is -0.447. The van der Waals surface area contributed by atoms with Crippen LogP contribution in [0.4, 0.5) is 8.78 Å². The van der Waals surface area contributed by atoms with Crippen molar-refractivity contribution >= 4 is 15.9 Å². The van der Waals surface area contributed by atoms with Crippen LogP contribution in [-0.2, 0) is 14.8 Å². The first-order valence-corrected chi connectivity index (χ1v) is 9.77. The zero-order valence-corrected chi connectivity index (χ0v) is 14.2. The van der Waals surface area contributed by atoms with E-state index in [1.807, 2.05) is 0 Å². The van der Waals surface area contributed by atoms with Gasteiger partial charge in [0.25, 0.3) is 0 Å². The summed E-state index contributed by atoms with van der Waals surface area (Å²) < 4.78 is 52.6. The van der Waals surface area contributed by atoms with Gasteiger partial charge in [-0.2, -0.15) is 4.31 Å². The quantitative estimate of drug-likeness (QED) is 0.876. The molecule has 1 amide bonds. The highest BCUT2D eigenvalue weighted by Gasteiger charge is 2.50. The Balaban J connectivity index is 2.06. The second-order valence-corrected chi connectivity index (χ2v) is 8.70. The Morgan fingerprint density at radius 3 is 2.50 bits per heavy atom. The number of halogens is 2. The SMILES string of the molecule is CS(=O)(=O)N1C[C@@H](c2cc(F)cc(F)c2)[C@@]2(CCCCC(=O)N2)C1. The van der Waals surface area contributed by atoms with E-state index in [0.717, 1.165) is 25.2 Å². The molecule has 2 saturated heterocycles. The van der Waals surface area contributed by atoms with E-state index in [1.165, 1.54) is 16.4 Å². The monoisotopic (exact) mass is 358 g/mol. The third-order valence-corrected chi connectivity index (χ3v) is 6.15. The highest BCUT2D eigenvalue weighted by Crippen LogP contribution is 2.42. The zero-order valence-electron chi connectivity index (χ0n) is 13.4. The number of carbonyl (C=O) groups excluding carboxylic acids is 1. The van der Waals surface area contributed by atoms with Gasteiger partial charge < -0.3 is 5.32 Å². The molecule has 132 valence electrons. The molecule has 0 unspecified atom stereocenters. The number of hydrogen-bond acceptors (Lipinski definition) is 3. The van der Waals surface area contributed by atoms with Gasteiger partial charge >= 0.3 is 0 Å². The van der Waals surface area contributed by atoms with E-state index < -0.39 is 33.1 Å². The molecule has 3 rings (SSSR count). The number of hydrogen-bond donors (Lipinski definition) is 1. The highest BCUT2D eigenvalue weighted by atomic mass is 32.2. The number of carbonyl (C=O) groups is 1. The molecule has 1 aromatic carbocycles. The van der Waals surface area contributed by atoms with Crippen molar-refractivity contribution in [3.05, 3.63) is 35.4 Å². The van der Waals surface area contributed by atoms with Crippen LogP contribution < -0.4 is 5.32 Å². The standard InChI is InChI=1S/C16H20F2N2O3S/c1-24(22,23)20-9-14(11-6-12(17)8-13(18)7-11)16(10-20)5-3-2-4-15(21)19-16/h6-8,14H,2-5,9-10H2,1H3,(H,19,21)/t14-,16+/m0/s1. The maximum atomic E-state index is 13.7. The van der Waals surface area contributed by atoms with Crippen molar-refractivity contribution in [3.8, 4) is 0 Å². The average molecular weight is 358 g/mol. The van der Waals surface area contributed by atoms with Crippen LogP contribution in [0.2, 0.25) is 0 Å². The minimum absolute atomic E-state index is 0.0992. The molecule has 0 bridgehead atoms. The molecule has 2 fully saturated rings. The summed E-state index contributed by atoms with van der Waals surface area (Å²) in [5.74, 6) is -2.06. The fraction of sp³-hybridized carbons (Fsp3) is 0.562.